The average Bonchev–Trinajstić information content (AvgIpc) is 3.64. The highest BCUT2D eigenvalue weighted by atomic mass is 16.5. The molecule has 2 aliphatic carbocycles. The first-order valence-electron chi connectivity index (χ1n) is 19.0. The third kappa shape index (κ3) is 6.12. The SMILES string of the molecule is O=C1[C@H]2[C@H](CC=C3[C@H]2C[C@H]2C(=O)N(c4ccc(Nc5ccccc5)cc4)C(=O)[C@H]2[C@H]3c2ccccc2OCCO)C(=O)N1c1ccc(Nc2ccccc2)cc1. The van der Waals surface area contributed by atoms with Crippen molar-refractivity contribution in [2.24, 2.45) is 29.6 Å². The maximum atomic E-state index is 14.7. The molecule has 2 saturated heterocycles. The number of hydrogen-bond acceptors (Lipinski definition) is 8. The monoisotopic (exact) mass is 744 g/mol. The predicted octanol–water partition coefficient (Wildman–Crippen LogP) is 7.59. The second-order valence-corrected chi connectivity index (χ2v) is 14.7. The summed E-state index contributed by atoms with van der Waals surface area (Å²) in [5.41, 5.74) is 6.01. The zero-order chi connectivity index (χ0) is 38.3. The van der Waals surface area contributed by atoms with E-state index >= 15 is 0 Å². The zero-order valence-electron chi connectivity index (χ0n) is 30.5. The Morgan fingerprint density at radius 2 is 1.05 bits per heavy atom. The molecule has 0 aromatic heterocycles. The lowest BCUT2D eigenvalue weighted by Gasteiger charge is -2.44. The molecule has 5 aromatic rings. The van der Waals surface area contributed by atoms with Crippen LogP contribution in [0.3, 0.4) is 0 Å². The zero-order valence-corrected chi connectivity index (χ0v) is 30.5. The van der Waals surface area contributed by atoms with Crippen LogP contribution in [0, 0.1) is 29.6 Å². The van der Waals surface area contributed by atoms with Crippen LogP contribution in [0.1, 0.15) is 24.3 Å². The molecular formula is C46H40N4O6. The lowest BCUT2D eigenvalue weighted by molar-refractivity contribution is -0.126. The highest BCUT2D eigenvalue weighted by Crippen LogP contribution is 2.59. The van der Waals surface area contributed by atoms with E-state index in [-0.39, 0.29) is 43.3 Å². The van der Waals surface area contributed by atoms with Crippen molar-refractivity contribution < 1.29 is 29.0 Å². The van der Waals surface area contributed by atoms with E-state index in [4.69, 9.17) is 4.74 Å². The Labute approximate surface area is 324 Å². The van der Waals surface area contributed by atoms with Gasteiger partial charge in [-0.25, -0.2) is 0 Å². The van der Waals surface area contributed by atoms with E-state index in [1.54, 1.807) is 30.3 Å². The van der Waals surface area contributed by atoms with Crippen LogP contribution >= 0.6 is 0 Å². The van der Waals surface area contributed by atoms with Crippen LogP contribution in [0.15, 0.2) is 145 Å². The number of rotatable bonds is 10. The lowest BCUT2D eigenvalue weighted by atomic mass is 9.57. The topological polar surface area (TPSA) is 128 Å². The number of carbonyl (C=O) groups excluding carboxylic acids is 4. The normalized spacial score (nSPS) is 24.0. The number of imide groups is 2. The Morgan fingerprint density at radius 3 is 1.62 bits per heavy atom. The van der Waals surface area contributed by atoms with E-state index in [0.717, 1.165) is 28.3 Å². The van der Waals surface area contributed by atoms with Gasteiger partial charge in [-0.15, -0.1) is 0 Å². The Bertz CT molecular complexity index is 2330. The predicted molar refractivity (Wildman–Crippen MR) is 214 cm³/mol. The number of carbonyl (C=O) groups is 4. The molecule has 3 fully saturated rings. The van der Waals surface area contributed by atoms with Crippen LogP contribution in [-0.2, 0) is 19.2 Å². The number of para-hydroxylation sites is 3. The number of aliphatic hydroxyl groups is 1. The molecule has 4 aliphatic rings. The number of nitrogens with one attached hydrogen (secondary N) is 2. The number of fused-ring (bicyclic) bond motifs is 4. The van der Waals surface area contributed by atoms with Gasteiger partial charge in [-0.1, -0.05) is 66.2 Å². The smallest absolute Gasteiger partial charge is 0.238 e. The number of amides is 4. The molecule has 0 unspecified atom stereocenters. The van der Waals surface area contributed by atoms with Crippen LogP contribution < -0.4 is 25.2 Å². The van der Waals surface area contributed by atoms with E-state index in [1.807, 2.05) is 109 Å². The van der Waals surface area contributed by atoms with Crippen LogP contribution in [0.25, 0.3) is 0 Å². The van der Waals surface area contributed by atoms with E-state index in [1.165, 1.54) is 9.80 Å². The molecular weight excluding hydrogens is 705 g/mol. The summed E-state index contributed by atoms with van der Waals surface area (Å²) in [6.07, 6.45) is 2.62. The summed E-state index contributed by atoms with van der Waals surface area (Å²) in [4.78, 5) is 60.5. The number of benzene rings is 5. The Morgan fingerprint density at radius 1 is 0.554 bits per heavy atom. The van der Waals surface area contributed by atoms with Crippen LogP contribution in [0.2, 0.25) is 0 Å². The first-order chi connectivity index (χ1) is 27.4. The quantitative estimate of drug-likeness (QED) is 0.0987. The van der Waals surface area contributed by atoms with Crippen molar-refractivity contribution in [2.75, 3.05) is 33.6 Å². The third-order valence-corrected chi connectivity index (χ3v) is 11.6. The largest absolute Gasteiger partial charge is 0.491 e. The number of anilines is 6. The van der Waals surface area contributed by atoms with Crippen LogP contribution in [-0.4, -0.2) is 41.9 Å². The Hall–Kier alpha value is -6.52. The standard InChI is InChI=1S/C46H40N4O6/c51-25-26-56-39-14-8-7-13-35(39)40-34-23-24-36-41(45(54)49(43(36)52)32-19-15-30(16-20-32)47-28-9-3-1-4-10-28)37(34)27-38-42(40)46(55)50(44(38)53)33-21-17-31(18-22-33)48-29-11-5-2-6-12-29/h1-23,36-38,40-42,47-48,51H,24-27H2/t36-,37+,38+,40+,41-,42+/m0/s1. The summed E-state index contributed by atoms with van der Waals surface area (Å²) in [6, 6.07) is 41.3. The van der Waals surface area contributed by atoms with Crippen LogP contribution in [0.4, 0.5) is 34.1 Å². The highest BCUT2D eigenvalue weighted by Gasteiger charge is 2.62. The van der Waals surface area contributed by atoms with E-state index in [2.05, 4.69) is 10.6 Å². The minimum absolute atomic E-state index is 0.0506. The Balaban J connectivity index is 1.05. The van der Waals surface area contributed by atoms with E-state index in [9.17, 15) is 24.3 Å². The maximum absolute atomic E-state index is 14.7. The molecule has 2 aliphatic heterocycles. The van der Waals surface area contributed by atoms with Crippen molar-refractivity contribution in [2.45, 2.75) is 18.8 Å². The molecule has 6 atom stereocenters. The molecule has 1 saturated carbocycles. The average molecular weight is 745 g/mol. The fraction of sp³-hybridized carbons (Fsp3) is 0.217. The molecule has 4 amide bonds. The van der Waals surface area contributed by atoms with Gasteiger partial charge in [0.15, 0.2) is 0 Å². The molecule has 0 radical (unpaired) electrons. The molecule has 0 spiro atoms. The van der Waals surface area contributed by atoms with Gasteiger partial charge in [0, 0.05) is 34.2 Å². The van der Waals surface area contributed by atoms with Gasteiger partial charge in [0.25, 0.3) is 0 Å². The molecule has 280 valence electrons. The minimum Gasteiger partial charge on any atom is -0.491 e. The van der Waals surface area contributed by atoms with Gasteiger partial charge in [0.05, 0.1) is 41.7 Å². The first-order valence-corrected chi connectivity index (χ1v) is 19.0. The summed E-state index contributed by atoms with van der Waals surface area (Å²) in [5, 5.41) is 16.3. The van der Waals surface area contributed by atoms with E-state index < -0.39 is 35.5 Å². The summed E-state index contributed by atoms with van der Waals surface area (Å²) < 4.78 is 6.02. The van der Waals surface area contributed by atoms with Gasteiger partial charge >= 0.3 is 0 Å². The molecule has 2 heterocycles. The van der Waals surface area contributed by atoms with Crippen molar-refractivity contribution in [3.8, 4) is 5.75 Å². The Kier molecular flexibility index (Phi) is 9.19. The maximum Gasteiger partial charge on any atom is 0.238 e. The molecule has 9 rings (SSSR count). The molecule has 5 aromatic carbocycles. The molecule has 10 heteroatoms. The third-order valence-electron chi connectivity index (χ3n) is 11.6. The van der Waals surface area contributed by atoms with Gasteiger partial charge < -0.3 is 20.5 Å². The molecule has 10 nitrogen and oxygen atoms in total. The fourth-order valence-corrected chi connectivity index (χ4v) is 9.23. The first kappa shape index (κ1) is 35.2. The highest BCUT2D eigenvalue weighted by molar-refractivity contribution is 6.24. The van der Waals surface area contributed by atoms with Crippen molar-refractivity contribution in [1.82, 2.24) is 0 Å². The van der Waals surface area contributed by atoms with Crippen LogP contribution in [0.5, 0.6) is 5.75 Å². The van der Waals surface area contributed by atoms with Crippen molar-refractivity contribution in [3.05, 3.63) is 151 Å². The van der Waals surface area contributed by atoms with Gasteiger partial charge in [-0.05, 0) is 97.6 Å². The summed E-state index contributed by atoms with van der Waals surface area (Å²) in [5.74, 6) is -4.51. The minimum atomic E-state index is -0.754. The van der Waals surface area contributed by atoms with Gasteiger partial charge in [-0.2, -0.15) is 0 Å². The second kappa shape index (κ2) is 14.6. The lowest BCUT2D eigenvalue weighted by Crippen LogP contribution is -2.43. The molecule has 3 N–H and O–H groups in total. The van der Waals surface area contributed by atoms with Crippen molar-refractivity contribution in [3.63, 3.8) is 0 Å². The number of hydrogen-bond donors (Lipinski definition) is 3. The number of nitrogens with zero attached hydrogens (tertiary/aromatic N) is 2. The second-order valence-electron chi connectivity index (χ2n) is 14.7. The molecule has 56 heavy (non-hydrogen) atoms. The summed E-state index contributed by atoms with van der Waals surface area (Å²) >= 11 is 0. The summed E-state index contributed by atoms with van der Waals surface area (Å²) in [6.45, 7) is -0.148. The van der Waals surface area contributed by atoms with Gasteiger partial charge in [-0.3, -0.25) is 29.0 Å². The number of aliphatic hydroxyl groups excluding tert-OH is 1. The number of ether oxygens (including phenoxy) is 1. The van der Waals surface area contributed by atoms with E-state index in [0.29, 0.717) is 29.1 Å². The fourth-order valence-electron chi connectivity index (χ4n) is 9.23. The molecule has 0 bridgehead atoms. The number of allylic oxidation sites excluding steroid dienone is 2. The summed E-state index contributed by atoms with van der Waals surface area (Å²) in [7, 11) is 0. The van der Waals surface area contributed by atoms with Crippen molar-refractivity contribution in [1.29, 1.82) is 0 Å². The van der Waals surface area contributed by atoms with Gasteiger partial charge in [0.1, 0.15) is 12.4 Å². The van der Waals surface area contributed by atoms with Gasteiger partial charge in [0.2, 0.25) is 23.6 Å². The van der Waals surface area contributed by atoms with Crippen molar-refractivity contribution >= 4 is 57.8 Å².